The van der Waals surface area contributed by atoms with Crippen LogP contribution < -0.4 is 25.9 Å². The van der Waals surface area contributed by atoms with E-state index in [0.717, 1.165) is 39.6 Å². The smallest absolute Gasteiger partial charge is 0.260 e. The molecule has 244 valence electrons. The van der Waals surface area contributed by atoms with Gasteiger partial charge in [0.15, 0.2) is 0 Å². The zero-order chi connectivity index (χ0) is 34.4. The van der Waals surface area contributed by atoms with Crippen molar-refractivity contribution in [2.45, 2.75) is 5.41 Å². The van der Waals surface area contributed by atoms with Crippen molar-refractivity contribution in [3.8, 4) is 50.9 Å². The molecule has 0 unspecified atom stereocenters. The molecule has 0 saturated heterocycles. The fourth-order valence-corrected chi connectivity index (χ4v) is 10.4. The Labute approximate surface area is 306 Å². The number of rotatable bonds is 1. The van der Waals surface area contributed by atoms with Crippen molar-refractivity contribution in [3.05, 3.63) is 192 Å². The summed E-state index contributed by atoms with van der Waals surface area (Å²) >= 11 is 0. The second-order valence-electron chi connectivity index (χ2n) is 14.7. The zero-order valence-corrected chi connectivity index (χ0v) is 28.5. The highest BCUT2D eigenvalue weighted by Gasteiger charge is 2.52. The van der Waals surface area contributed by atoms with Crippen molar-refractivity contribution < 1.29 is 9.47 Å². The Balaban J connectivity index is 1.12. The van der Waals surface area contributed by atoms with Gasteiger partial charge in [0.1, 0.15) is 23.0 Å². The lowest BCUT2D eigenvalue weighted by Crippen LogP contribution is -2.57. The largest absolute Gasteiger partial charge is 0.458 e. The van der Waals surface area contributed by atoms with Gasteiger partial charge in [0.05, 0.1) is 16.4 Å². The minimum Gasteiger partial charge on any atom is -0.458 e. The molecule has 0 atom stereocenters. The van der Waals surface area contributed by atoms with Crippen LogP contribution in [0.1, 0.15) is 22.3 Å². The molecule has 3 heterocycles. The SMILES string of the molecule is c1ccc2c(c1)Oc1cccc3c1B2c1ccc(-n2c4ccccc4c4ccc5c(c42)-c2ccccc2C52c4ccccc4-c4ccccc42)cc1O3. The maximum Gasteiger partial charge on any atom is 0.260 e. The molecule has 9 aromatic rings. The number of ether oxygens (including phenoxy) is 2. The predicted molar refractivity (Wildman–Crippen MR) is 215 cm³/mol. The lowest BCUT2D eigenvalue weighted by atomic mass is 9.35. The van der Waals surface area contributed by atoms with Crippen molar-refractivity contribution in [3.63, 3.8) is 0 Å². The molecule has 2 aliphatic heterocycles. The highest BCUT2D eigenvalue weighted by atomic mass is 16.5. The molecule has 53 heavy (non-hydrogen) atoms. The van der Waals surface area contributed by atoms with E-state index in [0.29, 0.717) is 0 Å². The van der Waals surface area contributed by atoms with E-state index < -0.39 is 5.41 Å². The molecule has 0 radical (unpaired) electrons. The number of para-hydroxylation sites is 2. The van der Waals surface area contributed by atoms with E-state index in [4.69, 9.17) is 9.47 Å². The molecular formula is C49H28BNO2. The van der Waals surface area contributed by atoms with E-state index >= 15 is 0 Å². The Morgan fingerprint density at radius 3 is 1.83 bits per heavy atom. The molecule has 4 aliphatic rings. The fourth-order valence-electron chi connectivity index (χ4n) is 10.4. The Hall–Kier alpha value is -6.78. The Morgan fingerprint density at radius 2 is 1.04 bits per heavy atom. The Kier molecular flexibility index (Phi) is 5.13. The third-order valence-corrected chi connectivity index (χ3v) is 12.3. The van der Waals surface area contributed by atoms with Gasteiger partial charge in [-0.1, -0.05) is 133 Å². The molecule has 0 bridgehead atoms. The van der Waals surface area contributed by atoms with Gasteiger partial charge in [-0.15, -0.1) is 0 Å². The average molecular weight is 674 g/mol. The minimum absolute atomic E-state index is 0.0283. The van der Waals surface area contributed by atoms with E-state index in [1.54, 1.807) is 0 Å². The molecule has 1 spiro atoms. The Bertz CT molecular complexity index is 3050. The van der Waals surface area contributed by atoms with Crippen molar-refractivity contribution >= 4 is 44.9 Å². The summed E-state index contributed by atoms with van der Waals surface area (Å²) in [5.41, 5.74) is 17.1. The van der Waals surface area contributed by atoms with Gasteiger partial charge in [0.25, 0.3) is 6.71 Å². The maximum absolute atomic E-state index is 6.81. The van der Waals surface area contributed by atoms with Crippen LogP contribution in [0, 0.1) is 0 Å². The maximum atomic E-state index is 6.81. The summed E-state index contributed by atoms with van der Waals surface area (Å²) in [6.45, 7) is 0.0283. The van der Waals surface area contributed by atoms with Crippen LogP contribution in [0.25, 0.3) is 49.7 Å². The first-order valence-electron chi connectivity index (χ1n) is 18.4. The number of benzene rings is 8. The first kappa shape index (κ1) is 27.9. The zero-order valence-electron chi connectivity index (χ0n) is 28.5. The summed E-state index contributed by atoms with van der Waals surface area (Å²) in [5, 5.41) is 2.49. The van der Waals surface area contributed by atoms with Crippen LogP contribution in [-0.2, 0) is 5.41 Å². The molecule has 4 heteroatoms. The van der Waals surface area contributed by atoms with E-state index in [1.807, 2.05) is 12.1 Å². The summed E-state index contributed by atoms with van der Waals surface area (Å²) in [4.78, 5) is 0. The van der Waals surface area contributed by atoms with Crippen LogP contribution >= 0.6 is 0 Å². The van der Waals surface area contributed by atoms with Crippen LogP contribution in [0.15, 0.2) is 170 Å². The van der Waals surface area contributed by atoms with Crippen molar-refractivity contribution in [1.29, 1.82) is 0 Å². The van der Waals surface area contributed by atoms with Crippen molar-refractivity contribution in [1.82, 2.24) is 4.57 Å². The lowest BCUT2D eigenvalue weighted by Gasteiger charge is -2.33. The molecule has 0 saturated carbocycles. The van der Waals surface area contributed by atoms with Gasteiger partial charge >= 0.3 is 0 Å². The minimum atomic E-state index is -0.411. The van der Waals surface area contributed by atoms with E-state index in [-0.39, 0.29) is 6.71 Å². The molecule has 0 fully saturated rings. The number of nitrogens with zero attached hydrogens (tertiary/aromatic N) is 1. The van der Waals surface area contributed by atoms with E-state index in [2.05, 4.69) is 162 Å². The number of aromatic nitrogens is 1. The average Bonchev–Trinajstić information content (AvgIpc) is 3.82. The van der Waals surface area contributed by atoms with Gasteiger partial charge in [0.2, 0.25) is 0 Å². The molecule has 1 aromatic heterocycles. The van der Waals surface area contributed by atoms with Crippen LogP contribution in [-0.4, -0.2) is 11.3 Å². The molecule has 13 rings (SSSR count). The second-order valence-corrected chi connectivity index (χ2v) is 14.7. The second kappa shape index (κ2) is 9.75. The highest BCUT2D eigenvalue weighted by molar-refractivity contribution is 6.98. The van der Waals surface area contributed by atoms with Crippen LogP contribution in [0.2, 0.25) is 0 Å². The summed E-state index contributed by atoms with van der Waals surface area (Å²) in [7, 11) is 0. The normalized spacial score (nSPS) is 14.5. The summed E-state index contributed by atoms with van der Waals surface area (Å²) in [6, 6.07) is 62.1. The summed E-state index contributed by atoms with van der Waals surface area (Å²) in [6.07, 6.45) is 0. The molecule has 2 aliphatic carbocycles. The highest BCUT2D eigenvalue weighted by Crippen LogP contribution is 2.64. The summed E-state index contributed by atoms with van der Waals surface area (Å²) < 4.78 is 15.7. The van der Waals surface area contributed by atoms with Crippen LogP contribution in [0.5, 0.6) is 23.0 Å². The van der Waals surface area contributed by atoms with Crippen molar-refractivity contribution in [2.24, 2.45) is 0 Å². The van der Waals surface area contributed by atoms with Gasteiger partial charge in [-0.05, 0) is 80.2 Å². The van der Waals surface area contributed by atoms with Gasteiger partial charge in [-0.25, -0.2) is 0 Å². The third kappa shape index (κ3) is 3.29. The third-order valence-electron chi connectivity index (χ3n) is 12.3. The van der Waals surface area contributed by atoms with E-state index in [1.165, 1.54) is 71.8 Å². The Morgan fingerprint density at radius 1 is 0.434 bits per heavy atom. The monoisotopic (exact) mass is 673 g/mol. The first-order valence-corrected chi connectivity index (χ1v) is 18.4. The number of hydrogen-bond donors (Lipinski definition) is 0. The number of fused-ring (bicyclic) bond motifs is 18. The number of hydrogen-bond acceptors (Lipinski definition) is 2. The molecule has 0 amide bonds. The van der Waals surface area contributed by atoms with Gasteiger partial charge in [-0.2, -0.15) is 0 Å². The standard InChI is InChI=1S/C49H28BNO2/c1-5-16-35-30(12-1)31-13-2-6-17-36(31)49(35)37-18-7-3-15-34(37)46-38(49)26-25-33-32-14-4-9-20-41(32)51(48(33)46)29-24-27-40-45(28-29)53-44-23-11-22-43-47(44)50(40)39-19-8-10-21-42(39)52-43/h1-28H. The first-order chi connectivity index (χ1) is 26.3. The predicted octanol–water partition coefficient (Wildman–Crippen LogP) is 9.85. The van der Waals surface area contributed by atoms with E-state index in [9.17, 15) is 0 Å². The van der Waals surface area contributed by atoms with Crippen molar-refractivity contribution in [2.75, 3.05) is 0 Å². The molecular weight excluding hydrogens is 645 g/mol. The lowest BCUT2D eigenvalue weighted by molar-refractivity contribution is 0.464. The van der Waals surface area contributed by atoms with Gasteiger partial charge in [-0.3, -0.25) is 0 Å². The summed E-state index contributed by atoms with van der Waals surface area (Å²) in [5.74, 6) is 3.49. The quantitative estimate of drug-likeness (QED) is 0.162. The molecule has 3 nitrogen and oxygen atoms in total. The molecule has 0 N–H and O–H groups in total. The van der Waals surface area contributed by atoms with Crippen LogP contribution in [0.4, 0.5) is 0 Å². The van der Waals surface area contributed by atoms with Gasteiger partial charge < -0.3 is 14.0 Å². The van der Waals surface area contributed by atoms with Gasteiger partial charge in [0, 0.05) is 33.6 Å². The fraction of sp³-hybridized carbons (Fsp3) is 0.0204. The molecule has 8 aromatic carbocycles. The topological polar surface area (TPSA) is 23.4 Å². The van der Waals surface area contributed by atoms with Crippen LogP contribution in [0.3, 0.4) is 0 Å².